The van der Waals surface area contributed by atoms with Crippen LogP contribution in [0.4, 0.5) is 0 Å². The summed E-state index contributed by atoms with van der Waals surface area (Å²) in [6.07, 6.45) is 0.564. The van der Waals surface area contributed by atoms with Crippen molar-refractivity contribution < 1.29 is 5.11 Å². The second-order valence-corrected chi connectivity index (χ2v) is 4.25. The van der Waals surface area contributed by atoms with Gasteiger partial charge in [-0.25, -0.2) is 0 Å². The van der Waals surface area contributed by atoms with Gasteiger partial charge in [0.05, 0.1) is 11.6 Å². The minimum Gasteiger partial charge on any atom is -0.391 e. The Labute approximate surface area is 85.0 Å². The zero-order valence-corrected chi connectivity index (χ0v) is 8.75. The zero-order valence-electron chi connectivity index (χ0n) is 8.75. The summed E-state index contributed by atoms with van der Waals surface area (Å²) in [7, 11) is 0. The quantitative estimate of drug-likeness (QED) is 0.706. The van der Waals surface area contributed by atoms with Gasteiger partial charge < -0.3 is 10.4 Å². The molecule has 1 heterocycles. The van der Waals surface area contributed by atoms with Gasteiger partial charge >= 0.3 is 0 Å². The molecule has 2 heteroatoms. The molecule has 2 atom stereocenters. The van der Waals surface area contributed by atoms with E-state index in [1.165, 1.54) is 11.1 Å². The van der Waals surface area contributed by atoms with E-state index in [1.54, 1.807) is 0 Å². The first-order chi connectivity index (χ1) is 6.64. The molecule has 76 valence electrons. The second kappa shape index (κ2) is 3.37. The molecule has 1 aliphatic rings. The van der Waals surface area contributed by atoms with Gasteiger partial charge in [-0.1, -0.05) is 24.3 Å². The van der Waals surface area contributed by atoms with Crippen LogP contribution in [0.3, 0.4) is 0 Å². The fraction of sp³-hybridized carbons (Fsp3) is 0.500. The number of nitrogens with one attached hydrogen (secondary N) is 1. The number of benzene rings is 1. The third-order valence-electron chi connectivity index (χ3n) is 3.28. The molecule has 1 fully saturated rings. The van der Waals surface area contributed by atoms with Crippen LogP contribution in [0.15, 0.2) is 24.3 Å². The first-order valence-electron chi connectivity index (χ1n) is 5.14. The van der Waals surface area contributed by atoms with E-state index in [0.29, 0.717) is 0 Å². The molecule has 0 saturated carbocycles. The molecule has 1 saturated heterocycles. The predicted molar refractivity (Wildman–Crippen MR) is 57.2 cm³/mol. The highest BCUT2D eigenvalue weighted by Crippen LogP contribution is 2.32. The smallest absolute Gasteiger partial charge is 0.0773 e. The van der Waals surface area contributed by atoms with E-state index in [9.17, 15) is 5.11 Å². The van der Waals surface area contributed by atoms with Crippen molar-refractivity contribution >= 4 is 0 Å². The number of aliphatic hydroxyl groups is 1. The van der Waals surface area contributed by atoms with Gasteiger partial charge in [0.1, 0.15) is 0 Å². The van der Waals surface area contributed by atoms with Crippen LogP contribution in [0, 0.1) is 6.92 Å². The third kappa shape index (κ3) is 1.35. The van der Waals surface area contributed by atoms with Crippen molar-refractivity contribution in [2.45, 2.75) is 31.9 Å². The van der Waals surface area contributed by atoms with Crippen molar-refractivity contribution in [1.29, 1.82) is 0 Å². The molecule has 14 heavy (non-hydrogen) atoms. The maximum absolute atomic E-state index is 9.96. The van der Waals surface area contributed by atoms with Crippen LogP contribution in [0.1, 0.15) is 24.5 Å². The topological polar surface area (TPSA) is 32.3 Å². The van der Waals surface area contributed by atoms with Crippen LogP contribution >= 0.6 is 0 Å². The average molecular weight is 191 g/mol. The van der Waals surface area contributed by atoms with Crippen molar-refractivity contribution in [2.24, 2.45) is 0 Å². The molecule has 1 aromatic rings. The Hall–Kier alpha value is -0.860. The lowest BCUT2D eigenvalue weighted by atomic mass is 9.85. The van der Waals surface area contributed by atoms with Crippen LogP contribution in [0.5, 0.6) is 0 Å². The minimum absolute atomic E-state index is 0.259. The Morgan fingerprint density at radius 2 is 2.14 bits per heavy atom. The van der Waals surface area contributed by atoms with Crippen LogP contribution in [-0.2, 0) is 5.54 Å². The van der Waals surface area contributed by atoms with E-state index in [0.717, 1.165) is 13.0 Å². The Kier molecular flexibility index (Phi) is 2.33. The summed E-state index contributed by atoms with van der Waals surface area (Å²) >= 11 is 0. The van der Waals surface area contributed by atoms with Gasteiger partial charge in [0.25, 0.3) is 0 Å². The van der Waals surface area contributed by atoms with Crippen molar-refractivity contribution in [1.82, 2.24) is 5.32 Å². The number of rotatable bonds is 1. The molecule has 0 aliphatic carbocycles. The van der Waals surface area contributed by atoms with Gasteiger partial charge in [0.15, 0.2) is 0 Å². The lowest BCUT2D eigenvalue weighted by molar-refractivity contribution is 0.107. The summed E-state index contributed by atoms with van der Waals surface area (Å²) in [4.78, 5) is 0. The van der Waals surface area contributed by atoms with Gasteiger partial charge in [-0.05, 0) is 37.9 Å². The van der Waals surface area contributed by atoms with Crippen molar-refractivity contribution in [3.05, 3.63) is 35.4 Å². The van der Waals surface area contributed by atoms with Crippen molar-refractivity contribution in [3.63, 3.8) is 0 Å². The van der Waals surface area contributed by atoms with Crippen LogP contribution in [-0.4, -0.2) is 17.8 Å². The van der Waals surface area contributed by atoms with E-state index in [2.05, 4.69) is 31.3 Å². The van der Waals surface area contributed by atoms with Crippen molar-refractivity contribution in [2.75, 3.05) is 6.54 Å². The zero-order chi connectivity index (χ0) is 10.2. The largest absolute Gasteiger partial charge is 0.391 e. The molecule has 2 unspecified atom stereocenters. The molecule has 1 aliphatic heterocycles. The number of aliphatic hydroxyl groups excluding tert-OH is 1. The van der Waals surface area contributed by atoms with Crippen LogP contribution < -0.4 is 5.32 Å². The van der Waals surface area contributed by atoms with E-state index >= 15 is 0 Å². The van der Waals surface area contributed by atoms with E-state index in [1.807, 2.05) is 12.1 Å². The Balaban J connectivity index is 2.43. The number of hydrogen-bond acceptors (Lipinski definition) is 2. The molecular weight excluding hydrogens is 174 g/mol. The Morgan fingerprint density at radius 1 is 1.43 bits per heavy atom. The first-order valence-corrected chi connectivity index (χ1v) is 5.14. The second-order valence-electron chi connectivity index (χ2n) is 4.25. The Morgan fingerprint density at radius 3 is 2.71 bits per heavy atom. The van der Waals surface area contributed by atoms with Crippen LogP contribution in [0.2, 0.25) is 0 Å². The highest BCUT2D eigenvalue weighted by molar-refractivity contribution is 5.34. The SMILES string of the molecule is Cc1ccccc1C1(C)NCCC1O. The molecule has 1 aromatic carbocycles. The molecule has 0 spiro atoms. The standard InChI is InChI=1S/C12H17NO/c1-9-5-3-4-6-10(9)12(2)11(14)7-8-13-12/h3-6,11,13-14H,7-8H2,1-2H3. The monoisotopic (exact) mass is 191 g/mol. The lowest BCUT2D eigenvalue weighted by Crippen LogP contribution is -2.42. The minimum atomic E-state index is -0.274. The van der Waals surface area contributed by atoms with Gasteiger partial charge in [-0.15, -0.1) is 0 Å². The summed E-state index contributed by atoms with van der Waals surface area (Å²) in [6, 6.07) is 8.24. The van der Waals surface area contributed by atoms with Crippen molar-refractivity contribution in [3.8, 4) is 0 Å². The summed E-state index contributed by atoms with van der Waals surface area (Å²) in [5.41, 5.74) is 2.19. The van der Waals surface area contributed by atoms with E-state index < -0.39 is 0 Å². The molecule has 0 amide bonds. The van der Waals surface area contributed by atoms with Crippen LogP contribution in [0.25, 0.3) is 0 Å². The summed E-state index contributed by atoms with van der Waals surface area (Å²) < 4.78 is 0. The Bertz CT molecular complexity index is 337. The maximum Gasteiger partial charge on any atom is 0.0773 e. The normalized spacial score (nSPS) is 32.1. The summed E-state index contributed by atoms with van der Waals surface area (Å²) in [5.74, 6) is 0. The third-order valence-corrected chi connectivity index (χ3v) is 3.28. The molecule has 0 bridgehead atoms. The molecular formula is C12H17NO. The average Bonchev–Trinajstić information content (AvgIpc) is 2.49. The molecule has 0 aromatic heterocycles. The van der Waals surface area contributed by atoms with E-state index in [-0.39, 0.29) is 11.6 Å². The van der Waals surface area contributed by atoms with Gasteiger partial charge in [0, 0.05) is 0 Å². The number of aryl methyl sites for hydroxylation is 1. The molecule has 2 N–H and O–H groups in total. The number of hydrogen-bond donors (Lipinski definition) is 2. The van der Waals surface area contributed by atoms with Gasteiger partial charge in [-0.3, -0.25) is 0 Å². The predicted octanol–water partition coefficient (Wildman–Crippen LogP) is 1.56. The molecule has 0 radical (unpaired) electrons. The summed E-state index contributed by atoms with van der Waals surface area (Å²) in [5, 5.41) is 13.4. The summed E-state index contributed by atoms with van der Waals surface area (Å²) in [6.45, 7) is 5.06. The fourth-order valence-electron chi connectivity index (χ4n) is 2.31. The first kappa shape index (κ1) is 9.69. The fourth-order valence-corrected chi connectivity index (χ4v) is 2.31. The molecule has 2 rings (SSSR count). The van der Waals surface area contributed by atoms with Gasteiger partial charge in [-0.2, -0.15) is 0 Å². The molecule has 2 nitrogen and oxygen atoms in total. The highest BCUT2D eigenvalue weighted by Gasteiger charge is 2.39. The maximum atomic E-state index is 9.96. The van der Waals surface area contributed by atoms with E-state index in [4.69, 9.17) is 0 Å². The highest BCUT2D eigenvalue weighted by atomic mass is 16.3. The van der Waals surface area contributed by atoms with Gasteiger partial charge in [0.2, 0.25) is 0 Å². The lowest BCUT2D eigenvalue weighted by Gasteiger charge is -2.30.